The maximum Gasteiger partial charge on any atom is 0.337 e. The fourth-order valence-corrected chi connectivity index (χ4v) is 4.14. The van der Waals surface area contributed by atoms with Crippen molar-refractivity contribution in [3.63, 3.8) is 0 Å². The Morgan fingerprint density at radius 2 is 1.91 bits per heavy atom. The van der Waals surface area contributed by atoms with E-state index in [4.69, 9.17) is 9.47 Å². The Morgan fingerprint density at radius 1 is 1.19 bits per heavy atom. The summed E-state index contributed by atoms with van der Waals surface area (Å²) in [5.74, 6) is -0.968. The highest BCUT2D eigenvalue weighted by atomic mass is 32.2. The molecule has 2 aromatic rings. The fraction of sp³-hybridized carbons (Fsp3) is 0.217. The maximum absolute atomic E-state index is 12.4. The molecule has 0 spiro atoms. The number of amides is 2. The Labute approximate surface area is 189 Å². The first-order valence-corrected chi connectivity index (χ1v) is 10.6. The lowest BCUT2D eigenvalue weighted by molar-refractivity contribution is -0.121. The van der Waals surface area contributed by atoms with Gasteiger partial charge in [0.05, 0.1) is 47.9 Å². The van der Waals surface area contributed by atoms with Crippen LogP contribution < -0.4 is 15.4 Å². The minimum Gasteiger partial charge on any atom is -0.495 e. The highest BCUT2D eigenvalue weighted by molar-refractivity contribution is 8.03. The van der Waals surface area contributed by atoms with Crippen molar-refractivity contribution in [2.45, 2.75) is 12.3 Å². The molecular weight excluding hydrogens is 430 g/mol. The van der Waals surface area contributed by atoms with Gasteiger partial charge in [0, 0.05) is 12.3 Å². The second-order valence-corrected chi connectivity index (χ2v) is 7.80. The number of carbonyl (C=O) groups is 3. The summed E-state index contributed by atoms with van der Waals surface area (Å²) >= 11 is 1.08. The summed E-state index contributed by atoms with van der Waals surface area (Å²) in [6.45, 7) is 0. The zero-order valence-corrected chi connectivity index (χ0v) is 18.3. The number of para-hydroxylation sites is 2. The van der Waals surface area contributed by atoms with Gasteiger partial charge in [-0.15, -0.1) is 0 Å². The van der Waals surface area contributed by atoms with Crippen LogP contribution in [0, 0.1) is 11.3 Å². The average Bonchev–Trinajstić information content (AvgIpc) is 2.82. The molecule has 1 atom stereocenters. The molecule has 0 bridgehead atoms. The maximum atomic E-state index is 12.4. The molecule has 1 aliphatic rings. The molecule has 0 aliphatic carbocycles. The van der Waals surface area contributed by atoms with E-state index in [0.717, 1.165) is 17.3 Å². The number of nitriles is 1. The zero-order chi connectivity index (χ0) is 23.1. The third-order valence-electron chi connectivity index (χ3n) is 4.82. The number of esters is 1. The molecule has 0 aromatic heterocycles. The fourth-order valence-electron chi connectivity index (χ4n) is 3.26. The molecule has 2 N–H and O–H groups in total. The van der Waals surface area contributed by atoms with Crippen LogP contribution in [0.25, 0.3) is 0 Å². The van der Waals surface area contributed by atoms with Crippen LogP contribution in [0.15, 0.2) is 59.1 Å². The van der Waals surface area contributed by atoms with E-state index in [2.05, 4.69) is 16.7 Å². The van der Waals surface area contributed by atoms with E-state index in [1.54, 1.807) is 48.5 Å². The quantitative estimate of drug-likeness (QED) is 0.621. The summed E-state index contributed by atoms with van der Waals surface area (Å²) in [6.07, 6.45) is 0.0952. The largest absolute Gasteiger partial charge is 0.495 e. The van der Waals surface area contributed by atoms with Gasteiger partial charge in [-0.2, -0.15) is 5.26 Å². The number of benzene rings is 2. The Balaban J connectivity index is 1.76. The van der Waals surface area contributed by atoms with Crippen molar-refractivity contribution in [2.24, 2.45) is 0 Å². The van der Waals surface area contributed by atoms with E-state index in [0.29, 0.717) is 27.6 Å². The summed E-state index contributed by atoms with van der Waals surface area (Å²) in [6, 6.07) is 15.8. The predicted molar refractivity (Wildman–Crippen MR) is 120 cm³/mol. The molecule has 2 aromatic carbocycles. The molecule has 9 heteroatoms. The smallest absolute Gasteiger partial charge is 0.337 e. The van der Waals surface area contributed by atoms with Crippen molar-refractivity contribution in [3.8, 4) is 11.8 Å². The van der Waals surface area contributed by atoms with E-state index in [1.165, 1.54) is 14.2 Å². The lowest BCUT2D eigenvalue weighted by Crippen LogP contribution is -2.31. The van der Waals surface area contributed by atoms with Crippen molar-refractivity contribution in [2.75, 3.05) is 25.3 Å². The van der Waals surface area contributed by atoms with Crippen molar-refractivity contribution in [1.29, 1.82) is 5.26 Å². The van der Waals surface area contributed by atoms with Crippen LogP contribution in [0.5, 0.6) is 5.75 Å². The van der Waals surface area contributed by atoms with Crippen molar-refractivity contribution in [1.82, 2.24) is 5.32 Å². The highest BCUT2D eigenvalue weighted by Crippen LogP contribution is 2.36. The predicted octanol–water partition coefficient (Wildman–Crippen LogP) is 3.19. The van der Waals surface area contributed by atoms with Gasteiger partial charge < -0.3 is 20.1 Å². The van der Waals surface area contributed by atoms with Gasteiger partial charge in [0.2, 0.25) is 11.8 Å². The van der Waals surface area contributed by atoms with E-state index in [1.807, 2.05) is 0 Å². The van der Waals surface area contributed by atoms with E-state index in [-0.39, 0.29) is 24.0 Å². The van der Waals surface area contributed by atoms with Crippen LogP contribution in [-0.2, 0) is 14.3 Å². The van der Waals surface area contributed by atoms with Gasteiger partial charge in [-0.05, 0) is 29.8 Å². The number of ether oxygens (including phenoxy) is 2. The number of anilines is 1. The molecule has 8 nitrogen and oxygen atoms in total. The minimum atomic E-state index is -0.472. The zero-order valence-electron chi connectivity index (χ0n) is 17.5. The number of thioether (sulfide) groups is 1. The van der Waals surface area contributed by atoms with Crippen LogP contribution in [0.4, 0.5) is 5.69 Å². The van der Waals surface area contributed by atoms with Crippen LogP contribution in [-0.4, -0.2) is 37.8 Å². The Kier molecular flexibility index (Phi) is 7.52. The number of hydrogen-bond donors (Lipinski definition) is 2. The number of allylic oxidation sites excluding steroid dienone is 1. The Bertz CT molecular complexity index is 1110. The molecule has 0 saturated heterocycles. The topological polar surface area (TPSA) is 118 Å². The number of methoxy groups -OCH3 is 2. The molecule has 0 radical (unpaired) electrons. The number of nitrogens with zero attached hydrogens (tertiary/aromatic N) is 1. The van der Waals surface area contributed by atoms with Gasteiger partial charge in [-0.25, -0.2) is 4.79 Å². The number of hydrogen-bond acceptors (Lipinski definition) is 7. The first-order chi connectivity index (χ1) is 15.5. The summed E-state index contributed by atoms with van der Waals surface area (Å²) in [5, 5.41) is 15.6. The lowest BCUT2D eigenvalue weighted by Gasteiger charge is -2.25. The number of carbonyl (C=O) groups excluding carboxylic acids is 3. The van der Waals surface area contributed by atoms with Crippen LogP contribution in [0.1, 0.15) is 28.3 Å². The summed E-state index contributed by atoms with van der Waals surface area (Å²) < 4.78 is 9.92. The SMILES string of the molecule is COC(=O)c1ccc([C@@H]2CC(=O)NC(SCC(=O)Nc3ccccc3OC)=C2C#N)cc1. The normalized spacial score (nSPS) is 15.4. The van der Waals surface area contributed by atoms with Gasteiger partial charge in [0.15, 0.2) is 0 Å². The number of nitrogens with one attached hydrogen (secondary N) is 2. The molecule has 3 rings (SSSR count). The first kappa shape index (κ1) is 22.9. The van der Waals surface area contributed by atoms with Crippen LogP contribution in [0.2, 0.25) is 0 Å². The summed E-state index contributed by atoms with van der Waals surface area (Å²) in [5.41, 5.74) is 2.00. The lowest BCUT2D eigenvalue weighted by atomic mass is 9.87. The van der Waals surface area contributed by atoms with Crippen LogP contribution in [0.3, 0.4) is 0 Å². The monoisotopic (exact) mass is 451 g/mol. The van der Waals surface area contributed by atoms with Gasteiger partial charge in [0.25, 0.3) is 0 Å². The molecular formula is C23H21N3O5S. The molecule has 0 saturated carbocycles. The van der Waals surface area contributed by atoms with E-state index in [9.17, 15) is 19.6 Å². The van der Waals surface area contributed by atoms with Gasteiger partial charge in [0.1, 0.15) is 5.75 Å². The third-order valence-corrected chi connectivity index (χ3v) is 5.84. The molecule has 32 heavy (non-hydrogen) atoms. The minimum absolute atomic E-state index is 0.00710. The van der Waals surface area contributed by atoms with Crippen LogP contribution >= 0.6 is 11.8 Å². The van der Waals surface area contributed by atoms with Crippen molar-refractivity contribution >= 4 is 35.2 Å². The van der Waals surface area contributed by atoms with Gasteiger partial charge in [-0.1, -0.05) is 36.0 Å². The molecule has 1 aliphatic heterocycles. The van der Waals surface area contributed by atoms with Gasteiger partial charge in [-0.3, -0.25) is 9.59 Å². The molecule has 1 heterocycles. The highest BCUT2D eigenvalue weighted by Gasteiger charge is 2.30. The second kappa shape index (κ2) is 10.5. The molecule has 164 valence electrons. The summed E-state index contributed by atoms with van der Waals surface area (Å²) in [4.78, 5) is 36.4. The van der Waals surface area contributed by atoms with E-state index >= 15 is 0 Å². The number of rotatable bonds is 7. The first-order valence-electron chi connectivity index (χ1n) is 9.64. The van der Waals surface area contributed by atoms with Gasteiger partial charge >= 0.3 is 5.97 Å². The Hall–Kier alpha value is -3.77. The standard InChI is InChI=1S/C23H21N3O5S/c1-30-19-6-4-3-5-18(19)25-21(28)13-32-22-17(12-24)16(11-20(27)26-22)14-7-9-15(10-8-14)23(29)31-2/h3-10,16H,11,13H2,1-2H3,(H,25,28)(H,26,27)/t16-/m0/s1. The second-order valence-electron chi connectivity index (χ2n) is 6.81. The molecule has 2 amide bonds. The third kappa shape index (κ3) is 5.28. The summed E-state index contributed by atoms with van der Waals surface area (Å²) in [7, 11) is 2.81. The Morgan fingerprint density at radius 3 is 2.56 bits per heavy atom. The molecule has 0 unspecified atom stereocenters. The average molecular weight is 452 g/mol. The van der Waals surface area contributed by atoms with Crippen molar-refractivity contribution < 1.29 is 23.9 Å². The molecule has 0 fully saturated rings. The van der Waals surface area contributed by atoms with E-state index < -0.39 is 11.9 Å². The van der Waals surface area contributed by atoms with Crippen molar-refractivity contribution in [3.05, 3.63) is 70.3 Å².